The molecule has 3 aliphatic carbocycles. The zero-order valence-corrected chi connectivity index (χ0v) is 13.6. The zero-order chi connectivity index (χ0) is 15.9. The average Bonchev–Trinajstić information content (AvgIpc) is 2.75. The second-order valence-electron chi connectivity index (χ2n) is 7.63. The van der Waals surface area contributed by atoms with Crippen molar-refractivity contribution in [1.82, 2.24) is 0 Å². The molecule has 0 radical (unpaired) electrons. The van der Waals surface area contributed by atoms with E-state index >= 15 is 0 Å². The predicted octanol–water partition coefficient (Wildman–Crippen LogP) is 2.87. The van der Waals surface area contributed by atoms with E-state index < -0.39 is 6.10 Å². The summed E-state index contributed by atoms with van der Waals surface area (Å²) < 4.78 is 0. The molecule has 0 aromatic rings. The number of fused-ring (bicyclic) bond motifs is 1. The van der Waals surface area contributed by atoms with Crippen molar-refractivity contribution < 1.29 is 15.3 Å². The maximum atomic E-state index is 10.3. The van der Waals surface area contributed by atoms with Crippen LogP contribution in [0.1, 0.15) is 52.4 Å². The molecule has 0 aromatic carbocycles. The first-order valence-electron chi connectivity index (χ1n) is 8.53. The van der Waals surface area contributed by atoms with Crippen LogP contribution in [0.4, 0.5) is 0 Å². The summed E-state index contributed by atoms with van der Waals surface area (Å²) >= 11 is 0. The van der Waals surface area contributed by atoms with Gasteiger partial charge in [-0.15, -0.1) is 0 Å². The maximum Gasteiger partial charge on any atom is 0.0733 e. The zero-order valence-electron chi connectivity index (χ0n) is 13.6. The second kappa shape index (κ2) is 5.95. The fourth-order valence-corrected chi connectivity index (χ4v) is 4.54. The lowest BCUT2D eigenvalue weighted by atomic mass is 9.67. The van der Waals surface area contributed by atoms with Gasteiger partial charge in [0.15, 0.2) is 0 Å². The molecule has 1 saturated carbocycles. The standard InChI is InChI=1S/C19H28O3/c1-12-3-6-15(20)9-13(12)4-5-14-10-16(21)11-19(2)17(14)7-8-18(19)22/h4-5,10,15-18,20-22H,3,6-9,11H2,1-2H3/t15-,16-,17-,18+,19-/m0/s1. The van der Waals surface area contributed by atoms with Crippen LogP contribution >= 0.6 is 0 Å². The number of rotatable bonds is 2. The summed E-state index contributed by atoms with van der Waals surface area (Å²) in [6.45, 7) is 4.24. The van der Waals surface area contributed by atoms with Gasteiger partial charge in [0.1, 0.15) is 0 Å². The van der Waals surface area contributed by atoms with Crippen LogP contribution in [0.15, 0.2) is 34.9 Å². The van der Waals surface area contributed by atoms with Crippen molar-refractivity contribution in [2.24, 2.45) is 11.3 Å². The van der Waals surface area contributed by atoms with E-state index in [0.717, 1.165) is 37.7 Å². The van der Waals surface area contributed by atoms with Crippen molar-refractivity contribution >= 4 is 0 Å². The third-order valence-corrected chi connectivity index (χ3v) is 6.06. The molecule has 0 aliphatic heterocycles. The van der Waals surface area contributed by atoms with Crippen LogP contribution in [0, 0.1) is 11.3 Å². The quantitative estimate of drug-likeness (QED) is 0.735. The van der Waals surface area contributed by atoms with E-state index in [2.05, 4.69) is 26.0 Å². The first-order chi connectivity index (χ1) is 10.4. The fourth-order valence-electron chi connectivity index (χ4n) is 4.54. The SMILES string of the molecule is CC1=C(C=CC2=C[C@H](O)C[C@]3(C)[C@H](O)CC[C@@H]23)C[C@@H](O)CC1. The summed E-state index contributed by atoms with van der Waals surface area (Å²) in [5.74, 6) is 0.330. The third kappa shape index (κ3) is 2.82. The molecule has 0 saturated heterocycles. The molecule has 3 N–H and O–H groups in total. The van der Waals surface area contributed by atoms with Gasteiger partial charge in [0.2, 0.25) is 0 Å². The lowest BCUT2D eigenvalue weighted by Crippen LogP contribution is -2.39. The Morgan fingerprint density at radius 2 is 1.91 bits per heavy atom. The van der Waals surface area contributed by atoms with E-state index in [1.165, 1.54) is 11.1 Å². The summed E-state index contributed by atoms with van der Waals surface area (Å²) in [7, 11) is 0. The number of hydrogen-bond acceptors (Lipinski definition) is 3. The molecule has 0 aromatic heterocycles. The molecule has 1 fully saturated rings. The van der Waals surface area contributed by atoms with E-state index in [4.69, 9.17) is 0 Å². The molecule has 0 bridgehead atoms. The minimum atomic E-state index is -0.472. The topological polar surface area (TPSA) is 60.7 Å². The third-order valence-electron chi connectivity index (χ3n) is 6.06. The normalized spacial score (nSPS) is 42.7. The molecule has 3 aliphatic rings. The average molecular weight is 304 g/mol. The minimum Gasteiger partial charge on any atom is -0.393 e. The van der Waals surface area contributed by atoms with Crippen molar-refractivity contribution in [2.45, 2.75) is 70.7 Å². The molecule has 122 valence electrons. The van der Waals surface area contributed by atoms with Crippen LogP contribution in [-0.2, 0) is 0 Å². The summed E-state index contributed by atoms with van der Waals surface area (Å²) in [6, 6.07) is 0. The molecule has 0 unspecified atom stereocenters. The van der Waals surface area contributed by atoms with E-state index in [0.29, 0.717) is 12.3 Å². The van der Waals surface area contributed by atoms with E-state index in [1.54, 1.807) is 0 Å². The molecular weight excluding hydrogens is 276 g/mol. The van der Waals surface area contributed by atoms with E-state index in [-0.39, 0.29) is 17.6 Å². The van der Waals surface area contributed by atoms with Gasteiger partial charge < -0.3 is 15.3 Å². The van der Waals surface area contributed by atoms with Gasteiger partial charge >= 0.3 is 0 Å². The fraction of sp³-hybridized carbons (Fsp3) is 0.684. The number of aliphatic hydroxyl groups excluding tert-OH is 3. The highest BCUT2D eigenvalue weighted by atomic mass is 16.3. The second-order valence-corrected chi connectivity index (χ2v) is 7.63. The van der Waals surface area contributed by atoms with Gasteiger partial charge in [-0.25, -0.2) is 0 Å². The highest BCUT2D eigenvalue weighted by molar-refractivity contribution is 5.37. The summed E-state index contributed by atoms with van der Waals surface area (Å²) in [6.07, 6.45) is 10.2. The Labute approximate surface area is 133 Å². The van der Waals surface area contributed by atoms with E-state index in [9.17, 15) is 15.3 Å². The highest BCUT2D eigenvalue weighted by Crippen LogP contribution is 2.52. The van der Waals surface area contributed by atoms with Crippen molar-refractivity contribution in [3.63, 3.8) is 0 Å². The largest absolute Gasteiger partial charge is 0.393 e. The van der Waals surface area contributed by atoms with Crippen LogP contribution in [0.3, 0.4) is 0 Å². The summed E-state index contributed by atoms with van der Waals surface area (Å²) in [5, 5.41) is 30.3. The maximum absolute atomic E-state index is 10.3. The van der Waals surface area contributed by atoms with Gasteiger partial charge in [-0.3, -0.25) is 0 Å². The van der Waals surface area contributed by atoms with Gasteiger partial charge in [-0.2, -0.15) is 0 Å². The summed E-state index contributed by atoms with van der Waals surface area (Å²) in [4.78, 5) is 0. The predicted molar refractivity (Wildman–Crippen MR) is 87.2 cm³/mol. The Bertz CT molecular complexity index is 531. The Kier molecular flexibility index (Phi) is 4.32. The number of hydrogen-bond donors (Lipinski definition) is 3. The lowest BCUT2D eigenvalue weighted by molar-refractivity contribution is 0.00663. The highest BCUT2D eigenvalue weighted by Gasteiger charge is 2.49. The lowest BCUT2D eigenvalue weighted by Gasteiger charge is -2.40. The Morgan fingerprint density at radius 1 is 1.14 bits per heavy atom. The Balaban J connectivity index is 1.84. The van der Waals surface area contributed by atoms with Crippen molar-refractivity contribution in [3.8, 4) is 0 Å². The molecule has 0 heterocycles. The molecule has 22 heavy (non-hydrogen) atoms. The van der Waals surface area contributed by atoms with Crippen LogP contribution in [0.25, 0.3) is 0 Å². The van der Waals surface area contributed by atoms with Crippen LogP contribution in [-0.4, -0.2) is 33.6 Å². The van der Waals surface area contributed by atoms with Gasteiger partial charge in [0, 0.05) is 5.41 Å². The molecule has 0 spiro atoms. The van der Waals surface area contributed by atoms with Crippen molar-refractivity contribution in [3.05, 3.63) is 34.9 Å². The first-order valence-corrected chi connectivity index (χ1v) is 8.53. The van der Waals surface area contributed by atoms with Crippen LogP contribution < -0.4 is 0 Å². The summed E-state index contributed by atoms with van der Waals surface area (Å²) in [5.41, 5.74) is 3.52. The molecular formula is C19H28O3. The van der Waals surface area contributed by atoms with Gasteiger partial charge in [0.25, 0.3) is 0 Å². The van der Waals surface area contributed by atoms with Gasteiger partial charge in [-0.1, -0.05) is 30.7 Å². The monoisotopic (exact) mass is 304 g/mol. The van der Waals surface area contributed by atoms with Gasteiger partial charge in [0.05, 0.1) is 18.3 Å². The molecule has 3 nitrogen and oxygen atoms in total. The minimum absolute atomic E-state index is 0.205. The van der Waals surface area contributed by atoms with Gasteiger partial charge in [-0.05, 0) is 62.5 Å². The molecule has 3 rings (SSSR count). The smallest absolute Gasteiger partial charge is 0.0733 e. The Hall–Kier alpha value is -0.900. The molecule has 5 atom stereocenters. The van der Waals surface area contributed by atoms with Crippen molar-refractivity contribution in [1.29, 1.82) is 0 Å². The van der Waals surface area contributed by atoms with Crippen molar-refractivity contribution in [2.75, 3.05) is 0 Å². The molecule has 3 heteroatoms. The number of aliphatic hydroxyl groups is 3. The van der Waals surface area contributed by atoms with Crippen LogP contribution in [0.2, 0.25) is 0 Å². The molecule has 0 amide bonds. The number of allylic oxidation sites excluding steroid dienone is 4. The Morgan fingerprint density at radius 3 is 2.68 bits per heavy atom. The van der Waals surface area contributed by atoms with Crippen LogP contribution in [0.5, 0.6) is 0 Å². The van der Waals surface area contributed by atoms with E-state index in [1.807, 2.05) is 6.08 Å². The first kappa shape index (κ1) is 16.0.